The number of aromatic nitrogens is 2. The summed E-state index contributed by atoms with van der Waals surface area (Å²) in [5.74, 6) is 0. The Bertz CT molecular complexity index is 555. The van der Waals surface area contributed by atoms with Crippen LogP contribution in [0.25, 0.3) is 0 Å². The molecule has 0 saturated heterocycles. The summed E-state index contributed by atoms with van der Waals surface area (Å²) in [6.45, 7) is 2.64. The molecule has 122 valence electrons. The van der Waals surface area contributed by atoms with Gasteiger partial charge in [-0.3, -0.25) is 4.79 Å². The number of nitrogens with one attached hydrogen (secondary N) is 1. The van der Waals surface area contributed by atoms with Crippen molar-refractivity contribution in [3.8, 4) is 0 Å². The van der Waals surface area contributed by atoms with E-state index >= 15 is 0 Å². The molecule has 2 N–H and O–H groups in total. The molecule has 0 amide bonds. The molecule has 1 aromatic heterocycles. The van der Waals surface area contributed by atoms with E-state index < -0.39 is 5.60 Å². The van der Waals surface area contributed by atoms with Crippen LogP contribution < -0.4 is 10.9 Å². The fourth-order valence-corrected chi connectivity index (χ4v) is 3.85. The van der Waals surface area contributed by atoms with E-state index in [2.05, 4.69) is 10.4 Å². The SMILES string of the molecule is Cc1ccc(=O)n(C2CCC(NCC3(O)CCCC3)CC2)n1. The second kappa shape index (κ2) is 6.50. The minimum absolute atomic E-state index is 0.00211. The Kier molecular flexibility index (Phi) is 4.64. The van der Waals surface area contributed by atoms with Gasteiger partial charge in [0.25, 0.3) is 5.56 Å². The lowest BCUT2D eigenvalue weighted by molar-refractivity contribution is 0.0427. The number of hydrogen-bond donors (Lipinski definition) is 2. The minimum atomic E-state index is -0.480. The summed E-state index contributed by atoms with van der Waals surface area (Å²) in [5, 5.41) is 18.3. The Balaban J connectivity index is 1.52. The van der Waals surface area contributed by atoms with Gasteiger partial charge in [0.05, 0.1) is 17.3 Å². The van der Waals surface area contributed by atoms with Gasteiger partial charge in [-0.15, -0.1) is 0 Å². The molecule has 5 heteroatoms. The number of aryl methyl sites for hydroxylation is 1. The Morgan fingerprint density at radius 3 is 2.64 bits per heavy atom. The molecule has 2 saturated carbocycles. The maximum absolute atomic E-state index is 11.9. The second-order valence-corrected chi connectivity index (χ2v) is 7.08. The first-order valence-corrected chi connectivity index (χ1v) is 8.58. The third kappa shape index (κ3) is 3.58. The molecule has 5 nitrogen and oxygen atoms in total. The van der Waals surface area contributed by atoms with Crippen molar-refractivity contribution in [3.05, 3.63) is 28.2 Å². The van der Waals surface area contributed by atoms with Crippen LogP contribution in [0.4, 0.5) is 0 Å². The Morgan fingerprint density at radius 1 is 1.27 bits per heavy atom. The number of nitrogens with zero attached hydrogens (tertiary/aromatic N) is 2. The van der Waals surface area contributed by atoms with E-state index in [4.69, 9.17) is 0 Å². The van der Waals surface area contributed by atoms with Crippen molar-refractivity contribution in [2.75, 3.05) is 6.54 Å². The number of rotatable bonds is 4. The first-order valence-electron chi connectivity index (χ1n) is 8.58. The lowest BCUT2D eigenvalue weighted by Gasteiger charge is -2.32. The van der Waals surface area contributed by atoms with Crippen LogP contribution in [0.15, 0.2) is 16.9 Å². The quantitative estimate of drug-likeness (QED) is 0.892. The molecule has 0 aliphatic heterocycles. The van der Waals surface area contributed by atoms with Crippen LogP contribution in [0.2, 0.25) is 0 Å². The summed E-state index contributed by atoms with van der Waals surface area (Å²) < 4.78 is 1.66. The van der Waals surface area contributed by atoms with Crippen LogP contribution in [0, 0.1) is 6.92 Å². The molecule has 1 aromatic rings. The van der Waals surface area contributed by atoms with Crippen LogP contribution >= 0.6 is 0 Å². The Hall–Kier alpha value is -1.20. The third-order valence-corrected chi connectivity index (χ3v) is 5.26. The Labute approximate surface area is 131 Å². The summed E-state index contributed by atoms with van der Waals surface area (Å²) in [6, 6.07) is 4.07. The van der Waals surface area contributed by atoms with Gasteiger partial charge in [0, 0.05) is 18.7 Å². The van der Waals surface area contributed by atoms with Crippen LogP contribution in [-0.2, 0) is 0 Å². The fourth-order valence-electron chi connectivity index (χ4n) is 3.85. The van der Waals surface area contributed by atoms with Crippen LogP contribution in [-0.4, -0.2) is 33.1 Å². The molecule has 1 heterocycles. The van der Waals surface area contributed by atoms with E-state index in [1.54, 1.807) is 16.8 Å². The molecule has 0 bridgehead atoms. The van der Waals surface area contributed by atoms with Crippen molar-refractivity contribution in [2.24, 2.45) is 0 Å². The predicted octanol–water partition coefficient (Wildman–Crippen LogP) is 1.93. The van der Waals surface area contributed by atoms with Gasteiger partial charge in [-0.25, -0.2) is 4.68 Å². The normalized spacial score (nSPS) is 27.9. The number of hydrogen-bond acceptors (Lipinski definition) is 4. The topological polar surface area (TPSA) is 67.2 Å². The molecule has 0 radical (unpaired) electrons. The molecule has 0 unspecified atom stereocenters. The molecule has 0 spiro atoms. The zero-order chi connectivity index (χ0) is 15.6. The average Bonchev–Trinajstić information content (AvgIpc) is 2.96. The molecule has 0 atom stereocenters. The van der Waals surface area contributed by atoms with Gasteiger partial charge in [0.1, 0.15) is 0 Å². The highest BCUT2D eigenvalue weighted by atomic mass is 16.3. The van der Waals surface area contributed by atoms with Crippen molar-refractivity contribution in [2.45, 2.75) is 76.0 Å². The molecule has 0 aromatic carbocycles. The lowest BCUT2D eigenvalue weighted by atomic mass is 9.90. The summed E-state index contributed by atoms with van der Waals surface area (Å²) in [7, 11) is 0. The molecule has 3 rings (SSSR count). The molecule has 2 fully saturated rings. The van der Waals surface area contributed by atoms with Crippen molar-refractivity contribution >= 4 is 0 Å². The summed E-state index contributed by atoms with van der Waals surface area (Å²) in [4.78, 5) is 11.9. The first-order chi connectivity index (χ1) is 10.6. The zero-order valence-electron chi connectivity index (χ0n) is 13.4. The van der Waals surface area contributed by atoms with Crippen LogP contribution in [0.3, 0.4) is 0 Å². The molecular weight excluding hydrogens is 278 g/mol. The van der Waals surface area contributed by atoms with Gasteiger partial charge in [0.15, 0.2) is 0 Å². The van der Waals surface area contributed by atoms with Crippen molar-refractivity contribution < 1.29 is 5.11 Å². The van der Waals surface area contributed by atoms with E-state index in [0.717, 1.165) is 57.1 Å². The van der Waals surface area contributed by atoms with Crippen LogP contribution in [0.1, 0.15) is 63.1 Å². The van der Waals surface area contributed by atoms with Gasteiger partial charge in [0.2, 0.25) is 0 Å². The summed E-state index contributed by atoms with van der Waals surface area (Å²) >= 11 is 0. The highest BCUT2D eigenvalue weighted by Crippen LogP contribution is 2.30. The van der Waals surface area contributed by atoms with Gasteiger partial charge in [-0.05, 0) is 51.5 Å². The highest BCUT2D eigenvalue weighted by Gasteiger charge is 2.32. The summed E-state index contributed by atoms with van der Waals surface area (Å²) in [6.07, 6.45) is 8.19. The maximum Gasteiger partial charge on any atom is 0.267 e. The van der Waals surface area contributed by atoms with Gasteiger partial charge < -0.3 is 10.4 Å². The number of aliphatic hydroxyl groups is 1. The first kappa shape index (κ1) is 15.7. The van der Waals surface area contributed by atoms with Crippen molar-refractivity contribution in [3.63, 3.8) is 0 Å². The van der Waals surface area contributed by atoms with Gasteiger partial charge >= 0.3 is 0 Å². The predicted molar refractivity (Wildman–Crippen MR) is 85.9 cm³/mol. The van der Waals surface area contributed by atoms with E-state index in [-0.39, 0.29) is 11.6 Å². The smallest absolute Gasteiger partial charge is 0.267 e. The summed E-state index contributed by atoms with van der Waals surface area (Å²) in [5.41, 5.74) is 0.414. The zero-order valence-corrected chi connectivity index (χ0v) is 13.4. The van der Waals surface area contributed by atoms with E-state index in [1.165, 1.54) is 0 Å². The van der Waals surface area contributed by atoms with Gasteiger partial charge in [-0.2, -0.15) is 5.10 Å². The van der Waals surface area contributed by atoms with E-state index in [0.29, 0.717) is 12.6 Å². The second-order valence-electron chi connectivity index (χ2n) is 7.08. The molecule has 2 aliphatic carbocycles. The molecule has 2 aliphatic rings. The molecule has 22 heavy (non-hydrogen) atoms. The van der Waals surface area contributed by atoms with Crippen molar-refractivity contribution in [1.82, 2.24) is 15.1 Å². The van der Waals surface area contributed by atoms with Crippen LogP contribution in [0.5, 0.6) is 0 Å². The monoisotopic (exact) mass is 305 g/mol. The van der Waals surface area contributed by atoms with E-state index in [9.17, 15) is 9.90 Å². The third-order valence-electron chi connectivity index (χ3n) is 5.26. The minimum Gasteiger partial charge on any atom is -0.389 e. The highest BCUT2D eigenvalue weighted by molar-refractivity contribution is 4.98. The van der Waals surface area contributed by atoms with Gasteiger partial charge in [-0.1, -0.05) is 12.8 Å². The lowest BCUT2D eigenvalue weighted by Crippen LogP contribution is -2.44. The molecular formula is C17H27N3O2. The largest absolute Gasteiger partial charge is 0.389 e. The van der Waals surface area contributed by atoms with Crippen molar-refractivity contribution in [1.29, 1.82) is 0 Å². The standard InChI is InChI=1S/C17H27N3O2/c1-13-4-9-16(21)20(19-13)15-7-5-14(6-8-15)18-12-17(22)10-2-3-11-17/h4,9,14-15,18,22H,2-3,5-8,10-12H2,1H3. The fraction of sp³-hybridized carbons (Fsp3) is 0.765. The Morgan fingerprint density at radius 2 is 1.95 bits per heavy atom. The van der Waals surface area contributed by atoms with E-state index in [1.807, 2.05) is 6.92 Å². The maximum atomic E-state index is 11.9. The average molecular weight is 305 g/mol.